The Morgan fingerprint density at radius 2 is 2.33 bits per heavy atom. The normalized spacial score (nSPS) is 16.1. The quantitative estimate of drug-likeness (QED) is 0.807. The molecule has 1 aliphatic rings. The lowest BCUT2D eigenvalue weighted by Crippen LogP contribution is -2.48. The van der Waals surface area contributed by atoms with E-state index < -0.39 is 0 Å². The van der Waals surface area contributed by atoms with E-state index in [1.807, 2.05) is 17.9 Å². The second-order valence-electron chi connectivity index (χ2n) is 4.16. The largest absolute Gasteiger partial charge is 0.353 e. The number of piperazine rings is 1. The molecule has 18 heavy (non-hydrogen) atoms. The van der Waals surface area contributed by atoms with Crippen LogP contribution in [-0.4, -0.2) is 35.5 Å². The van der Waals surface area contributed by atoms with Crippen LogP contribution >= 0.6 is 22.9 Å². The Balaban J connectivity index is 2.12. The summed E-state index contributed by atoms with van der Waals surface area (Å²) in [4.78, 5) is 23.9. The van der Waals surface area contributed by atoms with Crippen LogP contribution in [-0.2, 0) is 4.79 Å². The molecule has 1 aliphatic heterocycles. The number of rotatable bonds is 1. The molecule has 3 heterocycles. The highest BCUT2D eigenvalue weighted by atomic mass is 35.5. The molecule has 0 spiro atoms. The van der Waals surface area contributed by atoms with Crippen LogP contribution in [0, 0.1) is 6.92 Å². The number of nitrogens with one attached hydrogen (secondary N) is 1. The number of hydrogen-bond acceptors (Lipinski definition) is 5. The maximum absolute atomic E-state index is 11.4. The van der Waals surface area contributed by atoms with Crippen molar-refractivity contribution in [1.82, 2.24) is 15.3 Å². The summed E-state index contributed by atoms with van der Waals surface area (Å²) in [5.74, 6) is 0.764. The zero-order valence-corrected chi connectivity index (χ0v) is 11.3. The fraction of sp³-hybridized carbons (Fsp3) is 0.364. The predicted octanol–water partition coefficient (Wildman–Crippen LogP) is 1.59. The van der Waals surface area contributed by atoms with E-state index in [0.717, 1.165) is 27.5 Å². The van der Waals surface area contributed by atoms with E-state index in [4.69, 9.17) is 11.6 Å². The summed E-state index contributed by atoms with van der Waals surface area (Å²) in [6, 6.07) is 2.04. The Morgan fingerprint density at radius 1 is 1.50 bits per heavy atom. The molecule has 1 N–H and O–H groups in total. The summed E-state index contributed by atoms with van der Waals surface area (Å²) in [5.41, 5.74) is 0. The first kappa shape index (κ1) is 11.7. The summed E-state index contributed by atoms with van der Waals surface area (Å²) in [7, 11) is 0. The number of halogens is 1. The van der Waals surface area contributed by atoms with Gasteiger partial charge in [-0.25, -0.2) is 4.98 Å². The first-order valence-corrected chi connectivity index (χ1v) is 6.78. The first-order valence-electron chi connectivity index (χ1n) is 5.59. The van der Waals surface area contributed by atoms with E-state index >= 15 is 0 Å². The molecule has 1 amide bonds. The van der Waals surface area contributed by atoms with Gasteiger partial charge in [0.15, 0.2) is 0 Å². The topological polar surface area (TPSA) is 58.1 Å². The Bertz CT molecular complexity index is 627. The van der Waals surface area contributed by atoms with Crippen LogP contribution < -0.4 is 10.2 Å². The maximum Gasteiger partial charge on any atom is 0.239 e. The number of fused-ring (bicyclic) bond motifs is 1. The van der Waals surface area contributed by atoms with Gasteiger partial charge in [-0.15, -0.1) is 11.3 Å². The second-order valence-corrected chi connectivity index (χ2v) is 5.74. The van der Waals surface area contributed by atoms with Crippen molar-refractivity contribution in [2.75, 3.05) is 24.5 Å². The summed E-state index contributed by atoms with van der Waals surface area (Å²) >= 11 is 7.53. The maximum atomic E-state index is 11.4. The van der Waals surface area contributed by atoms with Gasteiger partial charge in [0.1, 0.15) is 10.6 Å². The van der Waals surface area contributed by atoms with E-state index in [9.17, 15) is 4.79 Å². The van der Waals surface area contributed by atoms with Crippen molar-refractivity contribution in [3.63, 3.8) is 0 Å². The Kier molecular flexibility index (Phi) is 2.83. The van der Waals surface area contributed by atoms with Gasteiger partial charge in [0.25, 0.3) is 0 Å². The van der Waals surface area contributed by atoms with E-state index in [0.29, 0.717) is 13.1 Å². The lowest BCUT2D eigenvalue weighted by Gasteiger charge is -2.27. The molecular formula is C11H11ClN4OS. The van der Waals surface area contributed by atoms with Crippen molar-refractivity contribution in [2.24, 2.45) is 0 Å². The van der Waals surface area contributed by atoms with Gasteiger partial charge in [0.05, 0.1) is 11.9 Å². The van der Waals surface area contributed by atoms with E-state index in [1.165, 1.54) is 0 Å². The number of amides is 1. The van der Waals surface area contributed by atoms with Crippen LogP contribution in [0.2, 0.25) is 5.28 Å². The number of anilines is 1. The summed E-state index contributed by atoms with van der Waals surface area (Å²) in [6.07, 6.45) is 0. The molecule has 2 aromatic rings. The van der Waals surface area contributed by atoms with Gasteiger partial charge in [-0.2, -0.15) is 4.98 Å². The van der Waals surface area contributed by atoms with Crippen molar-refractivity contribution < 1.29 is 4.79 Å². The number of nitrogens with zero attached hydrogens (tertiary/aromatic N) is 3. The average Bonchev–Trinajstić information content (AvgIpc) is 2.68. The van der Waals surface area contributed by atoms with Crippen molar-refractivity contribution >= 4 is 44.9 Å². The molecule has 0 saturated carbocycles. The lowest BCUT2D eigenvalue weighted by atomic mass is 10.3. The van der Waals surface area contributed by atoms with Gasteiger partial charge in [-0.3, -0.25) is 4.79 Å². The highest BCUT2D eigenvalue weighted by molar-refractivity contribution is 7.18. The number of carbonyl (C=O) groups excluding carboxylic acids is 1. The standard InChI is InChI=1S/C11H11ClN4OS/c1-6-4-7-9(14-11(12)15-10(7)18-6)16-3-2-13-8(17)5-16/h4H,2-3,5H2,1H3,(H,13,17). The van der Waals surface area contributed by atoms with Gasteiger partial charge in [0, 0.05) is 18.0 Å². The molecule has 0 unspecified atom stereocenters. The molecule has 5 nitrogen and oxygen atoms in total. The Morgan fingerprint density at radius 3 is 3.11 bits per heavy atom. The van der Waals surface area contributed by atoms with Crippen LogP contribution in [0.4, 0.5) is 5.82 Å². The van der Waals surface area contributed by atoms with E-state index in [2.05, 4.69) is 15.3 Å². The average molecular weight is 283 g/mol. The van der Waals surface area contributed by atoms with Crippen molar-refractivity contribution in [2.45, 2.75) is 6.92 Å². The van der Waals surface area contributed by atoms with Crippen molar-refractivity contribution in [3.8, 4) is 0 Å². The third kappa shape index (κ3) is 2.02. The summed E-state index contributed by atoms with van der Waals surface area (Å²) in [5, 5.41) is 3.99. The van der Waals surface area contributed by atoms with E-state index in [-0.39, 0.29) is 11.2 Å². The van der Waals surface area contributed by atoms with Gasteiger partial charge >= 0.3 is 0 Å². The third-order valence-electron chi connectivity index (χ3n) is 2.81. The Hall–Kier alpha value is -1.40. The SMILES string of the molecule is Cc1cc2c(N3CCNC(=O)C3)nc(Cl)nc2s1. The minimum absolute atomic E-state index is 0.0103. The zero-order chi connectivity index (χ0) is 12.7. The zero-order valence-electron chi connectivity index (χ0n) is 9.73. The first-order chi connectivity index (χ1) is 8.63. The monoisotopic (exact) mass is 282 g/mol. The van der Waals surface area contributed by atoms with Gasteiger partial charge < -0.3 is 10.2 Å². The highest BCUT2D eigenvalue weighted by Crippen LogP contribution is 2.31. The molecule has 7 heteroatoms. The molecule has 1 fully saturated rings. The fourth-order valence-electron chi connectivity index (χ4n) is 2.06. The van der Waals surface area contributed by atoms with Crippen LogP contribution in [0.5, 0.6) is 0 Å². The van der Waals surface area contributed by atoms with Crippen LogP contribution in [0.3, 0.4) is 0 Å². The van der Waals surface area contributed by atoms with Crippen molar-refractivity contribution in [3.05, 3.63) is 16.2 Å². The third-order valence-corrected chi connectivity index (χ3v) is 3.92. The molecule has 3 rings (SSSR count). The van der Waals surface area contributed by atoms with Gasteiger partial charge in [-0.1, -0.05) is 0 Å². The lowest BCUT2D eigenvalue weighted by molar-refractivity contribution is -0.120. The number of thiophene rings is 1. The number of hydrogen-bond donors (Lipinski definition) is 1. The number of carbonyl (C=O) groups is 1. The number of aromatic nitrogens is 2. The molecule has 1 saturated heterocycles. The predicted molar refractivity (Wildman–Crippen MR) is 72.4 cm³/mol. The van der Waals surface area contributed by atoms with Crippen LogP contribution in [0.25, 0.3) is 10.2 Å². The molecular weight excluding hydrogens is 272 g/mol. The second kappa shape index (κ2) is 4.37. The smallest absolute Gasteiger partial charge is 0.239 e. The van der Waals surface area contributed by atoms with Gasteiger partial charge in [-0.05, 0) is 24.6 Å². The van der Waals surface area contributed by atoms with Crippen LogP contribution in [0.15, 0.2) is 6.07 Å². The highest BCUT2D eigenvalue weighted by Gasteiger charge is 2.21. The molecule has 0 aromatic carbocycles. The minimum Gasteiger partial charge on any atom is -0.353 e. The van der Waals surface area contributed by atoms with Gasteiger partial charge in [0.2, 0.25) is 11.2 Å². The number of aryl methyl sites for hydroxylation is 1. The summed E-state index contributed by atoms with van der Waals surface area (Å²) in [6.45, 7) is 3.71. The minimum atomic E-state index is 0.0103. The molecule has 94 valence electrons. The fourth-order valence-corrected chi connectivity index (χ4v) is 3.15. The molecule has 0 radical (unpaired) electrons. The Labute approximate surface area is 113 Å². The molecule has 2 aromatic heterocycles. The summed E-state index contributed by atoms with van der Waals surface area (Å²) < 4.78 is 0. The van der Waals surface area contributed by atoms with E-state index in [1.54, 1.807) is 11.3 Å². The molecule has 0 atom stereocenters. The van der Waals surface area contributed by atoms with Crippen LogP contribution in [0.1, 0.15) is 4.88 Å². The molecule has 0 bridgehead atoms. The molecule has 0 aliphatic carbocycles. The van der Waals surface area contributed by atoms with Crippen molar-refractivity contribution in [1.29, 1.82) is 0 Å².